The maximum absolute atomic E-state index is 12.1. The minimum Gasteiger partial charge on any atom is -0.349 e. The van der Waals surface area contributed by atoms with Gasteiger partial charge in [0.05, 0.1) is 6.54 Å². The van der Waals surface area contributed by atoms with E-state index >= 15 is 0 Å². The fourth-order valence-corrected chi connectivity index (χ4v) is 3.03. The number of hydrogen-bond donors (Lipinski definition) is 2. The molecule has 2 heterocycles. The Bertz CT molecular complexity index is 432. The molecular weight excluding hydrogens is 260 g/mol. The third-order valence-electron chi connectivity index (χ3n) is 3.38. The normalized spacial score (nSPS) is 23.6. The molecule has 1 aliphatic heterocycles. The summed E-state index contributed by atoms with van der Waals surface area (Å²) in [6, 6.07) is 0.429. The molecule has 106 valence electrons. The summed E-state index contributed by atoms with van der Waals surface area (Å²) in [6.07, 6.45) is 1.84. The van der Waals surface area contributed by atoms with Crippen molar-refractivity contribution in [1.29, 1.82) is 0 Å². The van der Waals surface area contributed by atoms with Crippen LogP contribution in [0.25, 0.3) is 0 Å². The maximum Gasteiger partial charge on any atom is 0.223 e. The van der Waals surface area contributed by atoms with Crippen molar-refractivity contribution < 1.29 is 4.79 Å². The van der Waals surface area contributed by atoms with E-state index in [4.69, 9.17) is 0 Å². The average Bonchev–Trinajstić information content (AvgIpc) is 2.85. The molecule has 0 aliphatic carbocycles. The van der Waals surface area contributed by atoms with Crippen molar-refractivity contribution in [2.45, 2.75) is 52.1 Å². The number of piperidine rings is 1. The van der Waals surface area contributed by atoms with Gasteiger partial charge in [-0.2, -0.15) is 0 Å². The Morgan fingerprint density at radius 2 is 2.32 bits per heavy atom. The molecule has 1 aromatic rings. The minimum absolute atomic E-state index is 0.133. The fourth-order valence-electron chi connectivity index (χ4n) is 2.25. The Hall–Kier alpha value is -1.01. The van der Waals surface area contributed by atoms with Crippen LogP contribution in [0.3, 0.4) is 0 Å². The van der Waals surface area contributed by atoms with Crippen LogP contribution in [0.15, 0.2) is 0 Å². The topological polar surface area (TPSA) is 66.9 Å². The second kappa shape index (κ2) is 6.43. The van der Waals surface area contributed by atoms with Crippen LogP contribution in [0.5, 0.6) is 0 Å². The number of carbonyl (C=O) groups excluding carboxylic acids is 1. The van der Waals surface area contributed by atoms with Gasteiger partial charge in [-0.15, -0.1) is 10.2 Å². The van der Waals surface area contributed by atoms with Gasteiger partial charge in [0.15, 0.2) is 0 Å². The Balaban J connectivity index is 1.82. The molecule has 1 aromatic heterocycles. The van der Waals surface area contributed by atoms with E-state index in [9.17, 15) is 4.79 Å². The number of aromatic nitrogens is 2. The van der Waals surface area contributed by atoms with Gasteiger partial charge >= 0.3 is 0 Å². The zero-order chi connectivity index (χ0) is 13.8. The van der Waals surface area contributed by atoms with Gasteiger partial charge in [0.1, 0.15) is 10.0 Å². The number of hydrogen-bond acceptors (Lipinski definition) is 5. The van der Waals surface area contributed by atoms with E-state index in [0.717, 1.165) is 29.4 Å². The number of amides is 1. The number of nitrogens with zero attached hydrogens (tertiary/aromatic N) is 2. The first-order valence-electron chi connectivity index (χ1n) is 6.89. The van der Waals surface area contributed by atoms with E-state index in [1.807, 2.05) is 0 Å². The van der Waals surface area contributed by atoms with Crippen LogP contribution in [-0.4, -0.2) is 28.7 Å². The van der Waals surface area contributed by atoms with Crippen LogP contribution in [0.4, 0.5) is 0 Å². The van der Waals surface area contributed by atoms with E-state index in [-0.39, 0.29) is 11.8 Å². The zero-order valence-corrected chi connectivity index (χ0v) is 12.6. The Morgan fingerprint density at radius 3 is 2.95 bits per heavy atom. The number of nitrogens with one attached hydrogen (secondary N) is 2. The van der Waals surface area contributed by atoms with Crippen LogP contribution in [-0.2, 0) is 11.3 Å². The molecule has 5 nitrogen and oxygen atoms in total. The zero-order valence-electron chi connectivity index (χ0n) is 11.8. The molecule has 0 radical (unpaired) electrons. The third-order valence-corrected chi connectivity index (χ3v) is 4.61. The first-order valence-corrected chi connectivity index (χ1v) is 7.71. The predicted octanol–water partition coefficient (Wildman–Crippen LogP) is 1.67. The van der Waals surface area contributed by atoms with Gasteiger partial charge < -0.3 is 10.6 Å². The third kappa shape index (κ3) is 3.98. The van der Waals surface area contributed by atoms with Gasteiger partial charge in [-0.1, -0.05) is 25.2 Å². The van der Waals surface area contributed by atoms with Gasteiger partial charge in [-0.05, 0) is 26.3 Å². The van der Waals surface area contributed by atoms with Crippen LogP contribution in [0.1, 0.15) is 49.5 Å². The predicted molar refractivity (Wildman–Crippen MR) is 76.0 cm³/mol. The molecule has 0 bridgehead atoms. The Labute approximate surface area is 118 Å². The molecule has 0 unspecified atom stereocenters. The van der Waals surface area contributed by atoms with Gasteiger partial charge in [0.2, 0.25) is 5.91 Å². The Morgan fingerprint density at radius 1 is 1.53 bits per heavy atom. The van der Waals surface area contributed by atoms with Crippen LogP contribution >= 0.6 is 11.3 Å². The highest BCUT2D eigenvalue weighted by Crippen LogP contribution is 2.19. The van der Waals surface area contributed by atoms with Crippen LogP contribution < -0.4 is 10.6 Å². The number of rotatable bonds is 4. The van der Waals surface area contributed by atoms with E-state index in [2.05, 4.69) is 41.6 Å². The monoisotopic (exact) mass is 282 g/mol. The summed E-state index contributed by atoms with van der Waals surface area (Å²) in [5.74, 6) is 0.676. The summed E-state index contributed by atoms with van der Waals surface area (Å²) < 4.78 is 0. The van der Waals surface area contributed by atoms with Crippen molar-refractivity contribution in [3.63, 3.8) is 0 Å². The van der Waals surface area contributed by atoms with Crippen molar-refractivity contribution in [2.75, 3.05) is 6.54 Å². The molecule has 1 aliphatic rings. The first-order chi connectivity index (χ1) is 9.06. The SMILES string of the molecule is CC(C)c1nnc(CNC(=O)[C@H]2CCN[C@@H](C)C2)s1. The van der Waals surface area contributed by atoms with E-state index < -0.39 is 0 Å². The van der Waals surface area contributed by atoms with Crippen molar-refractivity contribution in [3.05, 3.63) is 10.0 Å². The van der Waals surface area contributed by atoms with Crippen molar-refractivity contribution in [3.8, 4) is 0 Å². The summed E-state index contributed by atoms with van der Waals surface area (Å²) >= 11 is 1.58. The number of carbonyl (C=O) groups is 1. The lowest BCUT2D eigenvalue weighted by Gasteiger charge is -2.26. The second-order valence-corrected chi connectivity index (χ2v) is 6.58. The molecule has 0 aromatic carbocycles. The molecule has 0 saturated carbocycles. The smallest absolute Gasteiger partial charge is 0.223 e. The molecule has 1 amide bonds. The molecule has 6 heteroatoms. The molecule has 19 heavy (non-hydrogen) atoms. The van der Waals surface area contributed by atoms with Crippen LogP contribution in [0, 0.1) is 5.92 Å². The fraction of sp³-hybridized carbons (Fsp3) is 0.769. The highest BCUT2D eigenvalue weighted by molar-refractivity contribution is 7.11. The lowest BCUT2D eigenvalue weighted by molar-refractivity contribution is -0.126. The summed E-state index contributed by atoms with van der Waals surface area (Å²) in [4.78, 5) is 12.1. The van der Waals surface area contributed by atoms with E-state index in [0.29, 0.717) is 18.5 Å². The second-order valence-electron chi connectivity index (χ2n) is 5.48. The highest BCUT2D eigenvalue weighted by Gasteiger charge is 2.24. The van der Waals surface area contributed by atoms with Gasteiger partial charge in [-0.25, -0.2) is 0 Å². The van der Waals surface area contributed by atoms with Gasteiger partial charge in [0.25, 0.3) is 0 Å². The summed E-state index contributed by atoms with van der Waals surface area (Å²) in [6.45, 7) is 7.74. The summed E-state index contributed by atoms with van der Waals surface area (Å²) in [5.41, 5.74) is 0. The largest absolute Gasteiger partial charge is 0.349 e. The average molecular weight is 282 g/mol. The molecule has 2 rings (SSSR count). The van der Waals surface area contributed by atoms with E-state index in [1.165, 1.54) is 0 Å². The molecule has 1 saturated heterocycles. The molecule has 2 N–H and O–H groups in total. The van der Waals surface area contributed by atoms with Crippen LogP contribution in [0.2, 0.25) is 0 Å². The van der Waals surface area contributed by atoms with Gasteiger partial charge in [0, 0.05) is 17.9 Å². The first kappa shape index (κ1) is 14.4. The Kier molecular flexibility index (Phi) is 4.87. The lowest BCUT2D eigenvalue weighted by atomic mass is 9.92. The lowest BCUT2D eigenvalue weighted by Crippen LogP contribution is -2.42. The molecule has 2 atom stereocenters. The molecule has 1 fully saturated rings. The van der Waals surface area contributed by atoms with Gasteiger partial charge in [-0.3, -0.25) is 4.79 Å². The van der Waals surface area contributed by atoms with Crippen molar-refractivity contribution in [2.24, 2.45) is 5.92 Å². The molecular formula is C13H22N4OS. The minimum atomic E-state index is 0.133. The summed E-state index contributed by atoms with van der Waals surface area (Å²) in [7, 11) is 0. The quantitative estimate of drug-likeness (QED) is 0.881. The van der Waals surface area contributed by atoms with Crippen molar-refractivity contribution in [1.82, 2.24) is 20.8 Å². The maximum atomic E-state index is 12.1. The molecule has 0 spiro atoms. The summed E-state index contributed by atoms with van der Waals surface area (Å²) in [5, 5.41) is 16.5. The van der Waals surface area contributed by atoms with Crippen molar-refractivity contribution >= 4 is 17.2 Å². The standard InChI is InChI=1S/C13H22N4OS/c1-8(2)13-17-16-11(19-13)7-15-12(18)10-4-5-14-9(3)6-10/h8-10,14H,4-7H2,1-3H3,(H,15,18)/t9-,10-/m0/s1. The van der Waals surface area contributed by atoms with E-state index in [1.54, 1.807) is 11.3 Å². The highest BCUT2D eigenvalue weighted by atomic mass is 32.1.